The van der Waals surface area contributed by atoms with Gasteiger partial charge in [0.25, 0.3) is 0 Å². The molecule has 0 bridgehead atoms. The summed E-state index contributed by atoms with van der Waals surface area (Å²) in [5.41, 5.74) is 3.37. The number of likely N-dealkylation sites (N-methyl/N-ethyl adjacent to an activating group) is 1. The molecule has 1 fully saturated rings. The minimum absolute atomic E-state index is 0.0797. The number of fused-ring (bicyclic) bond motifs is 1. The van der Waals surface area contributed by atoms with Crippen LogP contribution >= 0.6 is 0 Å². The van der Waals surface area contributed by atoms with Crippen LogP contribution < -0.4 is 10.6 Å². The van der Waals surface area contributed by atoms with Crippen molar-refractivity contribution in [2.45, 2.75) is 128 Å². The number of terminal acetylenes is 1. The first-order valence-electron chi connectivity index (χ1n) is 19.1. The van der Waals surface area contributed by atoms with Gasteiger partial charge in [0, 0.05) is 56.7 Å². The monoisotopic (exact) mass is 714 g/mol. The molecule has 2 aromatic rings. The number of aliphatic hydroxyl groups excluding tert-OH is 2. The Kier molecular flexibility index (Phi) is 15.8. The van der Waals surface area contributed by atoms with E-state index in [1.807, 2.05) is 50.2 Å². The van der Waals surface area contributed by atoms with Crippen molar-refractivity contribution in [1.82, 2.24) is 20.5 Å². The van der Waals surface area contributed by atoms with Gasteiger partial charge in [0.1, 0.15) is 12.1 Å². The zero-order valence-electron chi connectivity index (χ0n) is 31.2. The number of rotatable bonds is 18. The van der Waals surface area contributed by atoms with E-state index in [-0.39, 0.29) is 36.9 Å². The van der Waals surface area contributed by atoms with Crippen LogP contribution in [0.15, 0.2) is 42.6 Å². The summed E-state index contributed by atoms with van der Waals surface area (Å²) < 4.78 is 0. The summed E-state index contributed by atoms with van der Waals surface area (Å²) in [7, 11) is 1.70. The van der Waals surface area contributed by atoms with E-state index in [0.717, 1.165) is 55.3 Å². The average molecular weight is 715 g/mol. The SMILES string of the molecule is C#CC[C@H](NC(=O)[C@@H](CC(=O)N(C)CCc1cc2c(cn1)C(=O)CCC2)Cc1ccccc1)C(=O)N[C@@H](CC1CCCCC1)C(O)[C@@H](O)CC(C)C. The standard InChI is InChI=1S/C42H58N4O6/c1-5-13-35(42(52)45-36(24-30-16-10-7-11-17-30)40(50)38(48)22-28(2)3)44-41(51)32(23-29-14-8-6-9-15-29)26-39(49)46(4)21-20-33-25-31-18-12-19-37(47)34(31)27-43-33/h1,6,8-9,14-15,25,27-28,30,32,35-36,38,40,48,50H,7,10-13,16-24,26H2,2-4H3,(H,44,51)(H,45,52)/t32-,35+,36+,38+,40?/m1/s1. The fourth-order valence-corrected chi connectivity index (χ4v) is 7.50. The van der Waals surface area contributed by atoms with Gasteiger partial charge in [-0.2, -0.15) is 0 Å². The Morgan fingerprint density at radius 3 is 2.44 bits per heavy atom. The highest BCUT2D eigenvalue weighted by molar-refractivity contribution is 5.98. The number of aryl methyl sites for hydroxylation is 1. The summed E-state index contributed by atoms with van der Waals surface area (Å²) in [6, 6.07) is 9.58. The lowest BCUT2D eigenvalue weighted by molar-refractivity contribution is -0.136. The van der Waals surface area contributed by atoms with Gasteiger partial charge in [-0.1, -0.05) is 76.3 Å². The summed E-state index contributed by atoms with van der Waals surface area (Å²) in [4.78, 5) is 59.6. The Bertz CT molecular complexity index is 1530. The number of aliphatic hydroxyl groups is 2. The van der Waals surface area contributed by atoms with Gasteiger partial charge in [0.05, 0.1) is 18.1 Å². The number of nitrogens with zero attached hydrogens (tertiary/aromatic N) is 2. The smallest absolute Gasteiger partial charge is 0.243 e. The molecule has 1 saturated carbocycles. The lowest BCUT2D eigenvalue weighted by Gasteiger charge is -2.33. The third kappa shape index (κ3) is 12.3. The van der Waals surface area contributed by atoms with Crippen molar-refractivity contribution in [3.05, 3.63) is 65.0 Å². The highest BCUT2D eigenvalue weighted by Crippen LogP contribution is 2.29. The van der Waals surface area contributed by atoms with Crippen LogP contribution in [-0.4, -0.2) is 81.5 Å². The maximum Gasteiger partial charge on any atom is 0.243 e. The number of ketones is 1. The first-order chi connectivity index (χ1) is 24.9. The molecule has 0 radical (unpaired) electrons. The molecule has 10 nitrogen and oxygen atoms in total. The number of hydrogen-bond donors (Lipinski definition) is 4. The second kappa shape index (κ2) is 20.2. The van der Waals surface area contributed by atoms with Crippen LogP contribution in [0.5, 0.6) is 0 Å². The Labute approximate surface area is 309 Å². The summed E-state index contributed by atoms with van der Waals surface area (Å²) >= 11 is 0. The molecular formula is C42H58N4O6. The average Bonchev–Trinajstić information content (AvgIpc) is 3.13. The molecule has 10 heteroatoms. The quantitative estimate of drug-likeness (QED) is 0.165. The molecule has 4 rings (SSSR count). The predicted octanol–water partition coefficient (Wildman–Crippen LogP) is 4.58. The molecule has 282 valence electrons. The molecule has 1 unspecified atom stereocenters. The Hall–Kier alpha value is -4.07. The molecule has 1 heterocycles. The van der Waals surface area contributed by atoms with Gasteiger partial charge in [0.15, 0.2) is 5.78 Å². The van der Waals surface area contributed by atoms with E-state index in [9.17, 15) is 29.4 Å². The van der Waals surface area contributed by atoms with Crippen LogP contribution in [0.4, 0.5) is 0 Å². The Morgan fingerprint density at radius 2 is 1.75 bits per heavy atom. The van der Waals surface area contributed by atoms with Gasteiger partial charge >= 0.3 is 0 Å². The number of carbonyl (C=O) groups excluding carboxylic acids is 4. The van der Waals surface area contributed by atoms with E-state index < -0.39 is 42.0 Å². The molecule has 0 saturated heterocycles. The van der Waals surface area contributed by atoms with Crippen LogP contribution in [0, 0.1) is 30.1 Å². The highest BCUT2D eigenvalue weighted by atomic mass is 16.3. The lowest BCUT2D eigenvalue weighted by Crippen LogP contribution is -2.56. The molecule has 1 aromatic carbocycles. The van der Waals surface area contributed by atoms with Crippen LogP contribution in [0.3, 0.4) is 0 Å². The van der Waals surface area contributed by atoms with E-state index in [4.69, 9.17) is 6.42 Å². The number of carbonyl (C=O) groups is 4. The molecule has 2 aliphatic carbocycles. The molecule has 5 atom stereocenters. The van der Waals surface area contributed by atoms with Crippen molar-refractivity contribution < 1.29 is 29.4 Å². The second-order valence-electron chi connectivity index (χ2n) is 15.3. The number of aromatic nitrogens is 1. The van der Waals surface area contributed by atoms with Crippen molar-refractivity contribution in [3.63, 3.8) is 0 Å². The van der Waals surface area contributed by atoms with Gasteiger partial charge in [0.2, 0.25) is 17.7 Å². The zero-order chi connectivity index (χ0) is 37.6. The first-order valence-corrected chi connectivity index (χ1v) is 19.1. The van der Waals surface area contributed by atoms with Crippen LogP contribution in [0.1, 0.15) is 112 Å². The second-order valence-corrected chi connectivity index (χ2v) is 15.3. The van der Waals surface area contributed by atoms with Gasteiger partial charge in [-0.3, -0.25) is 24.2 Å². The normalized spacial score (nSPS) is 17.6. The molecule has 4 N–H and O–H groups in total. The maximum atomic E-state index is 13.9. The maximum absolute atomic E-state index is 13.9. The minimum atomic E-state index is -1.17. The van der Waals surface area contributed by atoms with E-state index in [2.05, 4.69) is 21.5 Å². The molecule has 1 aromatic heterocycles. The fraction of sp³-hybridized carbons (Fsp3) is 0.595. The number of amides is 3. The minimum Gasteiger partial charge on any atom is -0.390 e. The number of pyridine rings is 1. The van der Waals surface area contributed by atoms with Crippen LogP contribution in [0.25, 0.3) is 0 Å². The van der Waals surface area contributed by atoms with Crippen LogP contribution in [-0.2, 0) is 33.6 Å². The summed E-state index contributed by atoms with van der Waals surface area (Å²) in [6.07, 6.45) is 14.2. The van der Waals surface area contributed by atoms with Gasteiger partial charge in [-0.15, -0.1) is 12.3 Å². The fourth-order valence-electron chi connectivity index (χ4n) is 7.50. The predicted molar refractivity (Wildman–Crippen MR) is 201 cm³/mol. The third-order valence-electron chi connectivity index (χ3n) is 10.6. The molecule has 2 aliphatic rings. The first kappa shape index (κ1) is 40.7. The van der Waals surface area contributed by atoms with Crippen molar-refractivity contribution in [3.8, 4) is 12.3 Å². The molecule has 3 amide bonds. The summed E-state index contributed by atoms with van der Waals surface area (Å²) in [6.45, 7) is 4.32. The van der Waals surface area contributed by atoms with Crippen molar-refractivity contribution in [2.24, 2.45) is 17.8 Å². The Morgan fingerprint density at radius 1 is 1.02 bits per heavy atom. The highest BCUT2D eigenvalue weighted by Gasteiger charge is 2.34. The van der Waals surface area contributed by atoms with Gasteiger partial charge in [-0.05, 0) is 61.1 Å². The van der Waals surface area contributed by atoms with Crippen LogP contribution in [0.2, 0.25) is 0 Å². The lowest BCUT2D eigenvalue weighted by atomic mass is 9.82. The Balaban J connectivity index is 1.44. The van der Waals surface area contributed by atoms with E-state index in [1.54, 1.807) is 18.1 Å². The third-order valence-corrected chi connectivity index (χ3v) is 10.6. The largest absolute Gasteiger partial charge is 0.390 e. The number of Topliss-reactive ketones (excluding diaryl/α,β-unsaturated/α-hetero) is 1. The molecule has 52 heavy (non-hydrogen) atoms. The van der Waals surface area contributed by atoms with E-state index in [1.165, 1.54) is 6.42 Å². The van der Waals surface area contributed by atoms with Gasteiger partial charge in [-0.25, -0.2) is 0 Å². The molecular weight excluding hydrogens is 656 g/mol. The summed E-state index contributed by atoms with van der Waals surface area (Å²) in [5.74, 6) is 1.09. The number of hydrogen-bond acceptors (Lipinski definition) is 7. The van der Waals surface area contributed by atoms with Crippen molar-refractivity contribution in [2.75, 3.05) is 13.6 Å². The van der Waals surface area contributed by atoms with E-state index in [0.29, 0.717) is 43.7 Å². The van der Waals surface area contributed by atoms with Crippen molar-refractivity contribution in [1.29, 1.82) is 0 Å². The van der Waals surface area contributed by atoms with E-state index >= 15 is 0 Å². The number of benzene rings is 1. The van der Waals surface area contributed by atoms with Gasteiger partial charge < -0.3 is 25.7 Å². The number of nitrogens with one attached hydrogen (secondary N) is 2. The molecule has 0 spiro atoms. The van der Waals surface area contributed by atoms with Crippen molar-refractivity contribution >= 4 is 23.5 Å². The molecule has 0 aliphatic heterocycles. The topological polar surface area (TPSA) is 149 Å². The summed E-state index contributed by atoms with van der Waals surface area (Å²) in [5, 5.41) is 27.9. The zero-order valence-corrected chi connectivity index (χ0v) is 31.2.